The van der Waals surface area contributed by atoms with Crippen LogP contribution in [0.25, 0.3) is 0 Å². The van der Waals surface area contributed by atoms with E-state index >= 15 is 0 Å². The molecule has 0 amide bonds. The molecule has 2 aromatic rings. The second-order valence-corrected chi connectivity index (χ2v) is 4.95. The normalized spacial score (nSPS) is 10.8. The van der Waals surface area contributed by atoms with Crippen molar-refractivity contribution in [3.8, 4) is 5.75 Å². The molecule has 0 atom stereocenters. The molecule has 0 aliphatic carbocycles. The Kier molecular flexibility index (Phi) is 4.73. The summed E-state index contributed by atoms with van der Waals surface area (Å²) in [6.07, 6.45) is 0. The van der Waals surface area contributed by atoms with Crippen molar-refractivity contribution in [3.63, 3.8) is 0 Å². The number of aromatic nitrogens is 1. The van der Waals surface area contributed by atoms with Crippen molar-refractivity contribution in [3.05, 3.63) is 46.4 Å². The Labute approximate surface area is 112 Å². The van der Waals surface area contributed by atoms with Crippen molar-refractivity contribution < 1.29 is 4.74 Å². The fourth-order valence-corrected chi connectivity index (χ4v) is 2.37. The van der Waals surface area contributed by atoms with Crippen LogP contribution in [0.5, 0.6) is 5.75 Å². The fraction of sp³-hybridized carbons (Fsp3) is 0.357. The van der Waals surface area contributed by atoms with Gasteiger partial charge in [0.05, 0.1) is 17.8 Å². The summed E-state index contributed by atoms with van der Waals surface area (Å²) >= 11 is 1.64. The van der Waals surface area contributed by atoms with Crippen LogP contribution in [-0.4, -0.2) is 23.5 Å². The number of hydrogen-bond donors (Lipinski definition) is 0. The molecule has 0 saturated carbocycles. The largest absolute Gasteiger partial charge is 0.494 e. The summed E-state index contributed by atoms with van der Waals surface area (Å²) in [6.45, 7) is 4.51. The van der Waals surface area contributed by atoms with E-state index in [1.807, 2.05) is 24.6 Å². The van der Waals surface area contributed by atoms with Crippen LogP contribution < -0.4 is 4.74 Å². The highest BCUT2D eigenvalue weighted by molar-refractivity contribution is 7.07. The molecule has 0 unspecified atom stereocenters. The van der Waals surface area contributed by atoms with Gasteiger partial charge >= 0.3 is 0 Å². The summed E-state index contributed by atoms with van der Waals surface area (Å²) in [4.78, 5) is 6.55. The number of ether oxygens (including phenoxy) is 1. The Bertz CT molecular complexity index is 453. The molecule has 0 fully saturated rings. The van der Waals surface area contributed by atoms with Gasteiger partial charge in [0, 0.05) is 18.5 Å². The Morgan fingerprint density at radius 3 is 2.61 bits per heavy atom. The zero-order valence-corrected chi connectivity index (χ0v) is 11.6. The molecule has 2 rings (SSSR count). The summed E-state index contributed by atoms with van der Waals surface area (Å²) in [5, 5.41) is 2.09. The standard InChI is InChI=1S/C14H18N2OS/c1-3-17-14-6-4-12(5-7-14)8-16(2)9-13-10-18-11-15-13/h4-7,10-11H,3,8-9H2,1-2H3. The van der Waals surface area contributed by atoms with Crippen molar-refractivity contribution >= 4 is 11.3 Å². The molecular formula is C14H18N2OS. The summed E-state index contributed by atoms with van der Waals surface area (Å²) in [7, 11) is 2.11. The van der Waals surface area contributed by atoms with Crippen LogP contribution in [0.2, 0.25) is 0 Å². The number of rotatable bonds is 6. The van der Waals surface area contributed by atoms with Crippen LogP contribution in [-0.2, 0) is 13.1 Å². The van der Waals surface area contributed by atoms with E-state index in [-0.39, 0.29) is 0 Å². The molecule has 96 valence electrons. The third kappa shape index (κ3) is 3.82. The van der Waals surface area contributed by atoms with E-state index in [1.165, 1.54) is 5.56 Å². The van der Waals surface area contributed by atoms with E-state index in [2.05, 4.69) is 34.4 Å². The van der Waals surface area contributed by atoms with Gasteiger partial charge in [-0.2, -0.15) is 0 Å². The Morgan fingerprint density at radius 1 is 1.22 bits per heavy atom. The average molecular weight is 262 g/mol. The molecule has 0 saturated heterocycles. The lowest BCUT2D eigenvalue weighted by atomic mass is 10.2. The summed E-state index contributed by atoms with van der Waals surface area (Å²) in [6, 6.07) is 8.27. The van der Waals surface area contributed by atoms with Crippen molar-refractivity contribution in [2.75, 3.05) is 13.7 Å². The minimum absolute atomic E-state index is 0.711. The maximum absolute atomic E-state index is 5.43. The monoisotopic (exact) mass is 262 g/mol. The summed E-state index contributed by atoms with van der Waals surface area (Å²) < 4.78 is 5.43. The van der Waals surface area contributed by atoms with Crippen LogP contribution in [0.15, 0.2) is 35.2 Å². The van der Waals surface area contributed by atoms with Gasteiger partial charge in [-0.1, -0.05) is 12.1 Å². The zero-order chi connectivity index (χ0) is 12.8. The first-order valence-electron chi connectivity index (χ1n) is 6.05. The molecular weight excluding hydrogens is 244 g/mol. The lowest BCUT2D eigenvalue weighted by Gasteiger charge is -2.15. The first-order chi connectivity index (χ1) is 8.78. The molecule has 18 heavy (non-hydrogen) atoms. The molecule has 0 N–H and O–H groups in total. The molecule has 0 bridgehead atoms. The highest BCUT2D eigenvalue weighted by atomic mass is 32.1. The van der Waals surface area contributed by atoms with Gasteiger partial charge < -0.3 is 4.74 Å². The van der Waals surface area contributed by atoms with Gasteiger partial charge in [-0.05, 0) is 31.7 Å². The van der Waals surface area contributed by atoms with E-state index < -0.39 is 0 Å². The molecule has 0 radical (unpaired) electrons. The van der Waals surface area contributed by atoms with Crippen LogP contribution in [0, 0.1) is 0 Å². The average Bonchev–Trinajstić information content (AvgIpc) is 2.84. The minimum atomic E-state index is 0.711. The number of nitrogens with zero attached hydrogens (tertiary/aromatic N) is 2. The van der Waals surface area contributed by atoms with Crippen LogP contribution >= 0.6 is 11.3 Å². The Balaban J connectivity index is 1.88. The van der Waals surface area contributed by atoms with Crippen LogP contribution in [0.3, 0.4) is 0 Å². The second kappa shape index (κ2) is 6.52. The fourth-order valence-electron chi connectivity index (χ4n) is 1.82. The molecule has 4 heteroatoms. The van der Waals surface area contributed by atoms with Gasteiger partial charge in [0.1, 0.15) is 5.75 Å². The molecule has 3 nitrogen and oxygen atoms in total. The third-order valence-electron chi connectivity index (χ3n) is 2.60. The zero-order valence-electron chi connectivity index (χ0n) is 10.8. The van der Waals surface area contributed by atoms with E-state index in [0.29, 0.717) is 6.61 Å². The second-order valence-electron chi connectivity index (χ2n) is 4.23. The summed E-state index contributed by atoms with van der Waals surface area (Å²) in [5.74, 6) is 0.934. The van der Waals surface area contributed by atoms with Crippen molar-refractivity contribution in [2.45, 2.75) is 20.0 Å². The number of thiazole rings is 1. The maximum atomic E-state index is 5.43. The van der Waals surface area contributed by atoms with Gasteiger partial charge in [-0.15, -0.1) is 11.3 Å². The predicted molar refractivity (Wildman–Crippen MR) is 74.9 cm³/mol. The number of benzene rings is 1. The van der Waals surface area contributed by atoms with Crippen molar-refractivity contribution in [1.29, 1.82) is 0 Å². The van der Waals surface area contributed by atoms with Gasteiger partial charge in [0.2, 0.25) is 0 Å². The van der Waals surface area contributed by atoms with E-state index in [9.17, 15) is 0 Å². The smallest absolute Gasteiger partial charge is 0.119 e. The van der Waals surface area contributed by atoms with Crippen molar-refractivity contribution in [2.24, 2.45) is 0 Å². The van der Waals surface area contributed by atoms with Gasteiger partial charge in [-0.25, -0.2) is 4.98 Å². The van der Waals surface area contributed by atoms with Crippen LogP contribution in [0.4, 0.5) is 0 Å². The molecule has 1 aromatic carbocycles. The van der Waals surface area contributed by atoms with Crippen LogP contribution in [0.1, 0.15) is 18.2 Å². The Hall–Kier alpha value is -1.39. The topological polar surface area (TPSA) is 25.4 Å². The first-order valence-corrected chi connectivity index (χ1v) is 6.99. The highest BCUT2D eigenvalue weighted by Crippen LogP contribution is 2.14. The SMILES string of the molecule is CCOc1ccc(CN(C)Cc2cscn2)cc1. The predicted octanol–water partition coefficient (Wildman–Crippen LogP) is 3.17. The maximum Gasteiger partial charge on any atom is 0.119 e. The summed E-state index contributed by atoms with van der Waals surface area (Å²) in [5.41, 5.74) is 4.30. The van der Waals surface area contributed by atoms with E-state index in [0.717, 1.165) is 24.5 Å². The van der Waals surface area contributed by atoms with E-state index in [4.69, 9.17) is 4.74 Å². The van der Waals surface area contributed by atoms with Gasteiger partial charge in [-0.3, -0.25) is 4.90 Å². The highest BCUT2D eigenvalue weighted by Gasteiger charge is 2.03. The lowest BCUT2D eigenvalue weighted by molar-refractivity contribution is 0.315. The molecule has 0 spiro atoms. The van der Waals surface area contributed by atoms with Gasteiger partial charge in [0.15, 0.2) is 0 Å². The first kappa shape index (κ1) is 13.1. The molecule has 0 aliphatic heterocycles. The van der Waals surface area contributed by atoms with E-state index in [1.54, 1.807) is 11.3 Å². The van der Waals surface area contributed by atoms with Crippen molar-refractivity contribution in [1.82, 2.24) is 9.88 Å². The minimum Gasteiger partial charge on any atom is -0.494 e. The number of hydrogen-bond acceptors (Lipinski definition) is 4. The lowest BCUT2D eigenvalue weighted by Crippen LogP contribution is -2.17. The Morgan fingerprint density at radius 2 is 2.00 bits per heavy atom. The third-order valence-corrected chi connectivity index (χ3v) is 3.24. The van der Waals surface area contributed by atoms with Gasteiger partial charge in [0.25, 0.3) is 0 Å². The molecule has 0 aliphatic rings. The molecule has 1 heterocycles. The molecule has 1 aromatic heterocycles. The quantitative estimate of drug-likeness (QED) is 0.799.